The fourth-order valence-electron chi connectivity index (χ4n) is 1.75. The Balaban J connectivity index is 1.95. The van der Waals surface area contributed by atoms with E-state index < -0.39 is 0 Å². The molecule has 1 aromatic carbocycles. The number of anilines is 2. The number of nitrogens with one attached hydrogen (secondary N) is 1. The highest BCUT2D eigenvalue weighted by Crippen LogP contribution is 2.15. The monoisotopic (exact) mass is 256 g/mol. The Kier molecular flexibility index (Phi) is 4.13. The Morgan fingerprint density at radius 3 is 2.32 bits per heavy atom. The number of benzene rings is 1. The van der Waals surface area contributed by atoms with Crippen molar-refractivity contribution >= 4 is 17.3 Å². The number of hydrogen-bond donors (Lipinski definition) is 1. The van der Waals surface area contributed by atoms with Crippen molar-refractivity contribution in [3.8, 4) is 0 Å². The first-order valence-electron chi connectivity index (χ1n) is 6.16. The molecular formula is C15H18N3O+. The van der Waals surface area contributed by atoms with Gasteiger partial charge in [0.15, 0.2) is 12.4 Å². The van der Waals surface area contributed by atoms with E-state index in [1.54, 1.807) is 0 Å². The van der Waals surface area contributed by atoms with E-state index in [0.29, 0.717) is 6.54 Å². The van der Waals surface area contributed by atoms with Crippen LogP contribution in [0.4, 0.5) is 11.4 Å². The van der Waals surface area contributed by atoms with Crippen LogP contribution >= 0.6 is 0 Å². The molecule has 19 heavy (non-hydrogen) atoms. The number of amides is 1. The maximum absolute atomic E-state index is 11.9. The second kappa shape index (κ2) is 6.00. The molecular weight excluding hydrogens is 238 g/mol. The summed E-state index contributed by atoms with van der Waals surface area (Å²) >= 11 is 0. The molecule has 0 aliphatic heterocycles. The zero-order valence-corrected chi connectivity index (χ0v) is 11.2. The van der Waals surface area contributed by atoms with Gasteiger partial charge in [0.2, 0.25) is 6.54 Å². The number of carbonyl (C=O) groups is 1. The highest BCUT2D eigenvalue weighted by molar-refractivity contribution is 5.89. The number of aromatic nitrogens is 1. The summed E-state index contributed by atoms with van der Waals surface area (Å²) in [6.45, 7) is 0.316. The van der Waals surface area contributed by atoms with Crippen molar-refractivity contribution in [2.45, 2.75) is 6.54 Å². The number of hydrogen-bond acceptors (Lipinski definition) is 2. The summed E-state index contributed by atoms with van der Waals surface area (Å²) in [6.07, 6.45) is 3.74. The predicted molar refractivity (Wildman–Crippen MR) is 76.0 cm³/mol. The third-order valence-electron chi connectivity index (χ3n) is 2.77. The molecule has 0 unspecified atom stereocenters. The molecule has 0 saturated carbocycles. The van der Waals surface area contributed by atoms with Crippen LogP contribution in [0.1, 0.15) is 0 Å². The Morgan fingerprint density at radius 1 is 1.11 bits per heavy atom. The topological polar surface area (TPSA) is 36.2 Å². The van der Waals surface area contributed by atoms with E-state index in [-0.39, 0.29) is 5.91 Å². The number of carbonyl (C=O) groups excluding carboxylic acids is 1. The number of nitrogens with zero attached hydrogens (tertiary/aromatic N) is 2. The molecule has 4 heteroatoms. The predicted octanol–water partition coefficient (Wildman–Crippen LogP) is 1.68. The van der Waals surface area contributed by atoms with Crippen LogP contribution in [0.25, 0.3) is 0 Å². The highest BCUT2D eigenvalue weighted by atomic mass is 16.1. The van der Waals surface area contributed by atoms with Crippen molar-refractivity contribution in [1.82, 2.24) is 0 Å². The summed E-state index contributed by atoms with van der Waals surface area (Å²) < 4.78 is 1.84. The summed E-state index contributed by atoms with van der Waals surface area (Å²) in [4.78, 5) is 13.9. The Labute approximate surface area is 113 Å². The molecule has 98 valence electrons. The van der Waals surface area contributed by atoms with Crippen LogP contribution in [0.15, 0.2) is 54.9 Å². The first kappa shape index (κ1) is 13.1. The van der Waals surface area contributed by atoms with Crippen molar-refractivity contribution in [2.75, 3.05) is 24.3 Å². The van der Waals surface area contributed by atoms with E-state index in [9.17, 15) is 4.79 Å². The van der Waals surface area contributed by atoms with Gasteiger partial charge >= 0.3 is 0 Å². The molecule has 0 saturated heterocycles. The molecule has 0 fully saturated rings. The van der Waals surface area contributed by atoms with Crippen molar-refractivity contribution < 1.29 is 9.36 Å². The largest absolute Gasteiger partial charge is 0.378 e. The van der Waals surface area contributed by atoms with Gasteiger partial charge < -0.3 is 10.2 Å². The van der Waals surface area contributed by atoms with Gasteiger partial charge in [-0.1, -0.05) is 6.07 Å². The second-order valence-electron chi connectivity index (χ2n) is 4.54. The van der Waals surface area contributed by atoms with Crippen LogP contribution in [0.5, 0.6) is 0 Å². The number of rotatable bonds is 4. The van der Waals surface area contributed by atoms with Gasteiger partial charge in [0.25, 0.3) is 5.91 Å². The minimum atomic E-state index is -0.0335. The number of pyridine rings is 1. The lowest BCUT2D eigenvalue weighted by Crippen LogP contribution is -2.39. The lowest BCUT2D eigenvalue weighted by molar-refractivity contribution is -0.684. The van der Waals surface area contributed by atoms with Gasteiger partial charge in [-0.3, -0.25) is 4.79 Å². The van der Waals surface area contributed by atoms with Gasteiger partial charge in [-0.2, -0.15) is 4.57 Å². The lowest BCUT2D eigenvalue weighted by atomic mass is 10.2. The molecule has 4 nitrogen and oxygen atoms in total. The minimum absolute atomic E-state index is 0.0335. The van der Waals surface area contributed by atoms with E-state index in [1.807, 2.05) is 78.4 Å². The molecule has 0 spiro atoms. The zero-order valence-electron chi connectivity index (χ0n) is 11.2. The molecule has 2 rings (SSSR count). The Morgan fingerprint density at radius 2 is 1.74 bits per heavy atom. The molecule has 0 aliphatic rings. The summed E-state index contributed by atoms with van der Waals surface area (Å²) in [7, 11) is 3.97. The first-order valence-corrected chi connectivity index (χ1v) is 6.16. The summed E-state index contributed by atoms with van der Waals surface area (Å²) in [5, 5.41) is 2.88. The molecule has 1 N–H and O–H groups in total. The van der Waals surface area contributed by atoms with Crippen LogP contribution in [-0.2, 0) is 11.3 Å². The third-order valence-corrected chi connectivity index (χ3v) is 2.77. The third kappa shape index (κ3) is 3.81. The fraction of sp³-hybridized carbons (Fsp3) is 0.200. The van der Waals surface area contributed by atoms with Gasteiger partial charge in [-0.25, -0.2) is 0 Å². The molecule has 0 radical (unpaired) electrons. The maximum atomic E-state index is 11.9. The van der Waals surface area contributed by atoms with Crippen LogP contribution in [0.2, 0.25) is 0 Å². The molecule has 1 heterocycles. The van der Waals surface area contributed by atoms with Crippen LogP contribution in [-0.4, -0.2) is 20.0 Å². The van der Waals surface area contributed by atoms with Crippen molar-refractivity contribution in [2.24, 2.45) is 0 Å². The molecule has 1 aromatic heterocycles. The van der Waals surface area contributed by atoms with Crippen molar-refractivity contribution in [3.63, 3.8) is 0 Å². The van der Waals surface area contributed by atoms with Gasteiger partial charge in [-0.15, -0.1) is 0 Å². The molecule has 0 bridgehead atoms. The van der Waals surface area contributed by atoms with Crippen molar-refractivity contribution in [3.05, 3.63) is 54.9 Å². The summed E-state index contributed by atoms with van der Waals surface area (Å²) in [5.74, 6) is -0.0335. The zero-order chi connectivity index (χ0) is 13.7. The smallest absolute Gasteiger partial charge is 0.290 e. The van der Waals surface area contributed by atoms with Gasteiger partial charge in [0.1, 0.15) is 0 Å². The molecule has 0 aliphatic carbocycles. The lowest BCUT2D eigenvalue weighted by Gasteiger charge is -2.12. The van der Waals surface area contributed by atoms with E-state index >= 15 is 0 Å². The van der Waals surface area contributed by atoms with E-state index in [1.165, 1.54) is 0 Å². The fourth-order valence-corrected chi connectivity index (χ4v) is 1.75. The Hall–Kier alpha value is -2.36. The van der Waals surface area contributed by atoms with Gasteiger partial charge in [0, 0.05) is 37.6 Å². The van der Waals surface area contributed by atoms with E-state index in [4.69, 9.17) is 0 Å². The molecule has 0 atom stereocenters. The van der Waals surface area contributed by atoms with Crippen LogP contribution < -0.4 is 14.8 Å². The van der Waals surface area contributed by atoms with Crippen LogP contribution in [0, 0.1) is 0 Å². The van der Waals surface area contributed by atoms with E-state index in [2.05, 4.69) is 5.32 Å². The summed E-state index contributed by atoms with van der Waals surface area (Å²) in [5.41, 5.74) is 1.92. The van der Waals surface area contributed by atoms with Gasteiger partial charge in [-0.05, 0) is 24.3 Å². The minimum Gasteiger partial charge on any atom is -0.378 e. The SMILES string of the molecule is CN(C)c1ccc(NC(=O)C[n+]2ccccc2)cc1. The highest BCUT2D eigenvalue weighted by Gasteiger charge is 2.08. The standard InChI is InChI=1S/C15H17N3O/c1-17(2)14-8-6-13(7-9-14)16-15(19)12-18-10-4-3-5-11-18/h3-11H,12H2,1-2H3/p+1. The molecule has 1 amide bonds. The van der Waals surface area contributed by atoms with Crippen molar-refractivity contribution in [1.29, 1.82) is 0 Å². The average Bonchev–Trinajstić information content (AvgIpc) is 2.40. The summed E-state index contributed by atoms with van der Waals surface area (Å²) in [6, 6.07) is 13.5. The quantitative estimate of drug-likeness (QED) is 0.845. The first-order chi connectivity index (χ1) is 9.15. The normalized spacial score (nSPS) is 10.0. The molecule has 2 aromatic rings. The van der Waals surface area contributed by atoms with E-state index in [0.717, 1.165) is 11.4 Å². The maximum Gasteiger partial charge on any atom is 0.290 e. The Bertz CT molecular complexity index is 535. The second-order valence-corrected chi connectivity index (χ2v) is 4.54. The van der Waals surface area contributed by atoms with Gasteiger partial charge in [0.05, 0.1) is 0 Å². The average molecular weight is 256 g/mol. The van der Waals surface area contributed by atoms with Crippen LogP contribution in [0.3, 0.4) is 0 Å².